The van der Waals surface area contributed by atoms with Gasteiger partial charge in [0.1, 0.15) is 22.8 Å². The molecule has 1 aliphatic heterocycles. The maximum absolute atomic E-state index is 13.5. The van der Waals surface area contributed by atoms with Crippen LogP contribution in [-0.2, 0) is 6.54 Å². The Kier molecular flexibility index (Phi) is 8.37. The summed E-state index contributed by atoms with van der Waals surface area (Å²) in [5.41, 5.74) is 4.85. The molecule has 3 heterocycles. The summed E-state index contributed by atoms with van der Waals surface area (Å²) in [6.45, 7) is 8.51. The minimum atomic E-state index is -0.350. The van der Waals surface area contributed by atoms with Crippen molar-refractivity contribution in [3.8, 4) is 22.6 Å². The van der Waals surface area contributed by atoms with Crippen molar-refractivity contribution >= 4 is 46.0 Å². The number of hydrogen-bond donors (Lipinski definition) is 2. The van der Waals surface area contributed by atoms with Gasteiger partial charge in [-0.2, -0.15) is 0 Å². The van der Waals surface area contributed by atoms with Gasteiger partial charge < -0.3 is 20.1 Å². The van der Waals surface area contributed by atoms with Crippen LogP contribution in [0.1, 0.15) is 27.3 Å². The summed E-state index contributed by atoms with van der Waals surface area (Å²) < 4.78 is 10.9. The molecule has 2 aromatic heterocycles. The summed E-state index contributed by atoms with van der Waals surface area (Å²) in [6.07, 6.45) is 1.80. The summed E-state index contributed by atoms with van der Waals surface area (Å²) in [6, 6.07) is 8.88. The van der Waals surface area contributed by atoms with Crippen molar-refractivity contribution < 1.29 is 14.3 Å². The highest BCUT2D eigenvalue weighted by Gasteiger charge is 2.24. The predicted molar refractivity (Wildman–Crippen MR) is 158 cm³/mol. The molecule has 0 radical (unpaired) electrons. The van der Waals surface area contributed by atoms with Crippen LogP contribution in [0.5, 0.6) is 11.5 Å². The molecule has 208 valence electrons. The Morgan fingerprint density at radius 3 is 2.23 bits per heavy atom. The molecular formula is C29H30Cl2N6O3. The summed E-state index contributed by atoms with van der Waals surface area (Å²) in [5.74, 6) is 0.899. The number of amides is 1. The summed E-state index contributed by atoms with van der Waals surface area (Å²) >= 11 is 13.5. The van der Waals surface area contributed by atoms with Crippen molar-refractivity contribution in [2.45, 2.75) is 20.4 Å². The van der Waals surface area contributed by atoms with Gasteiger partial charge in [0, 0.05) is 56.1 Å². The van der Waals surface area contributed by atoms with Crippen LogP contribution in [0.25, 0.3) is 22.2 Å². The molecule has 4 aromatic rings. The Labute approximate surface area is 242 Å². The molecule has 5 rings (SSSR count). The number of carbonyl (C=O) groups is 1. The summed E-state index contributed by atoms with van der Waals surface area (Å²) in [7, 11) is 3.03. The first kappa shape index (κ1) is 28.0. The SMILES string of the molecule is COc1cc(OC)c(Cl)c(-c2ccc(C(=O)Nc3ccc(CN4CCNCC4)cn3)c3nc(C)c(C)nc23)c1Cl. The number of hydrogen-bond acceptors (Lipinski definition) is 8. The van der Waals surface area contributed by atoms with E-state index in [0.29, 0.717) is 60.8 Å². The fourth-order valence-electron chi connectivity index (χ4n) is 4.71. The van der Waals surface area contributed by atoms with E-state index >= 15 is 0 Å². The first-order valence-corrected chi connectivity index (χ1v) is 13.6. The molecule has 11 heteroatoms. The number of carbonyl (C=O) groups excluding carboxylic acids is 1. The van der Waals surface area contributed by atoms with E-state index < -0.39 is 0 Å². The number of aryl methyl sites for hydroxylation is 2. The molecule has 0 unspecified atom stereocenters. The molecule has 1 fully saturated rings. The third-order valence-electron chi connectivity index (χ3n) is 7.00. The van der Waals surface area contributed by atoms with Crippen LogP contribution in [-0.4, -0.2) is 66.2 Å². The van der Waals surface area contributed by atoms with Gasteiger partial charge in [0.2, 0.25) is 0 Å². The molecule has 0 aliphatic carbocycles. The van der Waals surface area contributed by atoms with Crippen LogP contribution >= 0.6 is 23.2 Å². The third-order valence-corrected chi connectivity index (χ3v) is 7.75. The second-order valence-electron chi connectivity index (χ2n) is 9.57. The van der Waals surface area contributed by atoms with Crippen molar-refractivity contribution in [1.82, 2.24) is 25.2 Å². The number of halogens is 2. The second kappa shape index (κ2) is 11.9. The molecule has 0 bridgehead atoms. The lowest BCUT2D eigenvalue weighted by Crippen LogP contribution is -2.42. The van der Waals surface area contributed by atoms with Crippen LogP contribution in [0.15, 0.2) is 36.5 Å². The number of benzene rings is 2. The van der Waals surface area contributed by atoms with Crippen LogP contribution in [0.3, 0.4) is 0 Å². The average molecular weight is 582 g/mol. The van der Waals surface area contributed by atoms with E-state index in [4.69, 9.17) is 42.6 Å². The Balaban J connectivity index is 1.51. The van der Waals surface area contributed by atoms with E-state index in [1.165, 1.54) is 14.2 Å². The molecule has 9 nitrogen and oxygen atoms in total. The second-order valence-corrected chi connectivity index (χ2v) is 10.3. The van der Waals surface area contributed by atoms with Crippen molar-refractivity contribution in [3.63, 3.8) is 0 Å². The van der Waals surface area contributed by atoms with Gasteiger partial charge in [0.05, 0.1) is 46.7 Å². The Morgan fingerprint density at radius 1 is 0.975 bits per heavy atom. The summed E-state index contributed by atoms with van der Waals surface area (Å²) in [4.78, 5) is 29.9. The van der Waals surface area contributed by atoms with E-state index in [0.717, 1.165) is 44.0 Å². The number of ether oxygens (including phenoxy) is 2. The van der Waals surface area contributed by atoms with Crippen molar-refractivity contribution in [2.24, 2.45) is 0 Å². The number of pyridine rings is 1. The van der Waals surface area contributed by atoms with Crippen LogP contribution in [0.2, 0.25) is 10.0 Å². The number of fused-ring (bicyclic) bond motifs is 1. The lowest BCUT2D eigenvalue weighted by Gasteiger charge is -2.27. The number of aromatic nitrogens is 3. The number of piperazine rings is 1. The Bertz CT molecular complexity index is 1550. The molecule has 2 N–H and O–H groups in total. The van der Waals surface area contributed by atoms with E-state index in [9.17, 15) is 4.79 Å². The number of nitrogens with one attached hydrogen (secondary N) is 2. The first-order chi connectivity index (χ1) is 19.3. The van der Waals surface area contributed by atoms with Gasteiger partial charge in [-0.3, -0.25) is 9.69 Å². The van der Waals surface area contributed by atoms with Gasteiger partial charge in [0.25, 0.3) is 5.91 Å². The lowest BCUT2D eigenvalue weighted by molar-refractivity contribution is 0.102. The van der Waals surface area contributed by atoms with Gasteiger partial charge in [-0.05, 0) is 31.5 Å². The van der Waals surface area contributed by atoms with Crippen molar-refractivity contribution in [2.75, 3.05) is 45.7 Å². The molecule has 40 heavy (non-hydrogen) atoms. The number of methoxy groups -OCH3 is 2. The monoisotopic (exact) mass is 580 g/mol. The van der Waals surface area contributed by atoms with Gasteiger partial charge in [-0.1, -0.05) is 35.3 Å². The normalized spacial score (nSPS) is 13.8. The largest absolute Gasteiger partial charge is 0.495 e. The third kappa shape index (κ3) is 5.55. The zero-order chi connectivity index (χ0) is 28.4. The standard InChI is InChI=1S/C29H30Cl2N6O3/c1-16-17(2)35-28-20(29(38)36-23-8-5-18(14-33-23)15-37-11-9-32-10-12-37)7-6-19(27(28)34-16)24-25(30)21(39-3)13-22(40-4)26(24)31/h5-8,13-14,32H,9-12,15H2,1-4H3,(H,33,36,38). The molecule has 1 amide bonds. The maximum Gasteiger partial charge on any atom is 0.259 e. The maximum atomic E-state index is 13.5. The van der Waals surface area contributed by atoms with Crippen LogP contribution in [0, 0.1) is 13.8 Å². The molecule has 1 saturated heterocycles. The topological polar surface area (TPSA) is 102 Å². The van der Waals surface area contributed by atoms with Crippen molar-refractivity contribution in [3.05, 3.63) is 69.1 Å². The van der Waals surface area contributed by atoms with Gasteiger partial charge in [-0.15, -0.1) is 0 Å². The van der Waals surface area contributed by atoms with Crippen LogP contribution in [0.4, 0.5) is 5.82 Å². The quantitative estimate of drug-likeness (QED) is 0.304. The minimum absolute atomic E-state index is 0.303. The first-order valence-electron chi connectivity index (χ1n) is 12.9. The average Bonchev–Trinajstić information content (AvgIpc) is 2.95. The van der Waals surface area contributed by atoms with E-state index in [-0.39, 0.29) is 5.91 Å². The highest BCUT2D eigenvalue weighted by Crippen LogP contribution is 2.47. The summed E-state index contributed by atoms with van der Waals surface area (Å²) in [5, 5.41) is 6.86. The zero-order valence-corrected chi connectivity index (χ0v) is 24.3. The van der Waals surface area contributed by atoms with E-state index in [1.807, 2.05) is 26.0 Å². The van der Waals surface area contributed by atoms with Gasteiger partial charge >= 0.3 is 0 Å². The zero-order valence-electron chi connectivity index (χ0n) is 22.8. The Morgan fingerprint density at radius 2 is 1.62 bits per heavy atom. The van der Waals surface area contributed by atoms with E-state index in [2.05, 4.69) is 20.5 Å². The van der Waals surface area contributed by atoms with Crippen LogP contribution < -0.4 is 20.1 Å². The molecule has 2 aromatic carbocycles. The van der Waals surface area contributed by atoms with E-state index in [1.54, 1.807) is 24.4 Å². The minimum Gasteiger partial charge on any atom is -0.495 e. The predicted octanol–water partition coefficient (Wildman–Crippen LogP) is 5.29. The number of nitrogens with zero attached hydrogens (tertiary/aromatic N) is 4. The molecular weight excluding hydrogens is 551 g/mol. The fourth-order valence-corrected chi connectivity index (χ4v) is 5.42. The van der Waals surface area contributed by atoms with Gasteiger partial charge in [-0.25, -0.2) is 15.0 Å². The fraction of sp³-hybridized carbons (Fsp3) is 0.310. The van der Waals surface area contributed by atoms with Gasteiger partial charge in [0.15, 0.2) is 0 Å². The molecule has 0 saturated carbocycles. The highest BCUT2D eigenvalue weighted by atomic mass is 35.5. The smallest absolute Gasteiger partial charge is 0.259 e. The lowest BCUT2D eigenvalue weighted by atomic mass is 9.99. The molecule has 0 spiro atoms. The van der Waals surface area contributed by atoms with Crippen molar-refractivity contribution in [1.29, 1.82) is 0 Å². The molecule has 1 aliphatic rings. The number of anilines is 1. The molecule has 0 atom stereocenters. The number of rotatable bonds is 7. The highest BCUT2D eigenvalue weighted by molar-refractivity contribution is 6.41. The Hall–Kier alpha value is -3.50.